The van der Waals surface area contributed by atoms with Crippen molar-refractivity contribution in [2.24, 2.45) is 0 Å². The van der Waals surface area contributed by atoms with E-state index in [1.807, 2.05) is 36.2 Å². The van der Waals surface area contributed by atoms with Gasteiger partial charge in [-0.1, -0.05) is 62.0 Å². The number of hydrogen-bond donors (Lipinski definition) is 4. The molecule has 452 valence electrons. The average molecular weight is 1420 g/mol. The first-order valence-corrected chi connectivity index (χ1v) is 28.6. The van der Waals surface area contributed by atoms with E-state index in [2.05, 4.69) is 144 Å². The maximum atomic E-state index is 10.8. The second-order valence-corrected chi connectivity index (χ2v) is 21.1. The summed E-state index contributed by atoms with van der Waals surface area (Å²) in [6, 6.07) is 41.7. The van der Waals surface area contributed by atoms with E-state index >= 15 is 0 Å². The molecular formula is C57H52N12O12P4V4. The zero-order valence-corrected chi connectivity index (χ0v) is 56.1. The van der Waals surface area contributed by atoms with Crippen LogP contribution >= 0.6 is 34.3 Å². The number of nitrogens with one attached hydrogen (secondary N) is 8. The van der Waals surface area contributed by atoms with Crippen LogP contribution in [0.25, 0.3) is 111 Å². The molecule has 4 unspecified atom stereocenters. The summed E-state index contributed by atoms with van der Waals surface area (Å²) < 4.78 is 15.1. The standard InChI is InChI=1S/2C24H16N4O2P2.4C2H5NO2.CH4.4V/c29-11-31-23-25-19-7-3-14(10-21(19)27-23)13-1-4-16-15(9-13)2-5-18-17(16)6-8-20-22(18)28-24(26-20)32-12-30;29-11-31-23-25-19-5-3-15(10-21(19)27-23)13-1-2-14-9-18-16(8-17(14)7-13)4-6-20-22(18)28-24(26-20)32-12-30;4*1-5-2(3)4;;;;;/h1-5,7,9-10,31-32H,6,8H2,(H,25,27)(H,26,28);1-3,5,7-10,31-32H,4,6H2,(H,25,27)(H,26,28);4*1H3,(H2,3,4);1H4;;;;/q2*-2;;;;;;4*+2/p-4. The molecule has 24 nitrogen and oxygen atoms in total. The minimum absolute atomic E-state index is 0. The van der Waals surface area contributed by atoms with Gasteiger partial charge in [-0.05, 0) is 123 Å². The van der Waals surface area contributed by atoms with Gasteiger partial charge in [0.25, 0.3) is 0 Å². The van der Waals surface area contributed by atoms with Gasteiger partial charge in [-0.25, -0.2) is 44.0 Å². The van der Waals surface area contributed by atoms with Gasteiger partial charge >= 0.3 is 74.2 Å². The second-order valence-electron chi connectivity index (χ2n) is 17.4. The minimum Gasteiger partial charge on any atom is -0.632 e. The fraction of sp³-hybridized carbons (Fsp3) is 0.158. The van der Waals surface area contributed by atoms with Crippen LogP contribution in [0.5, 0.6) is 0 Å². The third kappa shape index (κ3) is 20.8. The number of benzene rings is 6. The molecule has 4 radical (unpaired) electrons. The Morgan fingerprint density at radius 3 is 1.24 bits per heavy atom. The third-order valence-corrected chi connectivity index (χ3v) is 14.9. The molecule has 0 fully saturated rings. The number of nitrogens with zero attached hydrogens (tertiary/aromatic N) is 4. The Hall–Kier alpha value is -6.98. The molecular weight excluding hydrogens is 1370 g/mol. The Morgan fingerprint density at radius 1 is 0.427 bits per heavy atom. The molecule has 12 rings (SSSR count). The number of aromatic amines is 4. The van der Waals surface area contributed by atoms with Crippen LogP contribution in [-0.2, 0) is 138 Å². The fourth-order valence-electron chi connectivity index (χ4n) is 8.96. The SMILES string of the molecule is C.COC([NH-])=O.COC([NH-])=O.COC([NH-])=O.COC([NH-])=O.O=[C-]Pc1nc2c([nH]1)CCc1c-2ccc2cc(-c3ccc4nc(P[C-]=O)[nH]c4c3)ccc12.O=[C-]Pc1nc2c([nH]1)CCc1cc3cc(-c4ccc5nc(P[C-]=O)[nH]c5c4)ccc3cc1-2.[V+2].[V+2].[V+2].[V+2]. The van der Waals surface area contributed by atoms with E-state index in [1.165, 1.54) is 27.3 Å². The Morgan fingerprint density at radius 2 is 0.798 bits per heavy atom. The first-order chi connectivity index (χ1) is 40.5. The monoisotopic (exact) mass is 1420 g/mol. The molecule has 4 amide bonds. The van der Waals surface area contributed by atoms with Crippen LogP contribution < -0.4 is 22.3 Å². The Labute approximate surface area is 564 Å². The van der Waals surface area contributed by atoms with Crippen molar-refractivity contribution in [2.75, 3.05) is 28.4 Å². The largest absolute Gasteiger partial charge is 2.00 e. The summed E-state index contributed by atoms with van der Waals surface area (Å²) in [6.45, 7) is 0. The number of ether oxygens (including phenoxy) is 4. The maximum Gasteiger partial charge on any atom is 2.00 e. The van der Waals surface area contributed by atoms with Crippen molar-refractivity contribution in [3.63, 3.8) is 0 Å². The summed E-state index contributed by atoms with van der Waals surface area (Å²) in [7, 11) is 4.35. The quantitative estimate of drug-likeness (QED) is 0.0561. The van der Waals surface area contributed by atoms with Crippen molar-refractivity contribution in [2.45, 2.75) is 33.1 Å². The Kier molecular flexibility index (Phi) is 33.2. The molecule has 2 aliphatic rings. The molecule has 2 aliphatic carbocycles. The van der Waals surface area contributed by atoms with E-state index in [9.17, 15) is 38.4 Å². The average Bonchev–Trinajstić information content (AvgIpc) is 1.82. The zero-order valence-electron chi connectivity index (χ0n) is 46.5. The molecule has 4 heterocycles. The smallest absolute Gasteiger partial charge is 0.632 e. The topological polar surface area (TPSA) is 383 Å². The molecule has 0 spiro atoms. The van der Waals surface area contributed by atoms with Gasteiger partial charge in [0, 0.05) is 22.5 Å². The first kappa shape index (κ1) is 78.1. The number of methoxy groups -OCH3 is 4. The van der Waals surface area contributed by atoms with Crippen molar-refractivity contribution in [3.8, 4) is 44.8 Å². The number of rotatable bonds is 10. The van der Waals surface area contributed by atoms with E-state index in [1.54, 1.807) is 0 Å². The number of carbonyl (C=O) groups is 4. The molecule has 4 aromatic heterocycles. The predicted octanol–water partition coefficient (Wildman–Crippen LogP) is 11.1. The van der Waals surface area contributed by atoms with Crippen molar-refractivity contribution < 1.29 is 132 Å². The van der Waals surface area contributed by atoms with E-state index in [4.69, 9.17) is 22.9 Å². The molecule has 32 heteroatoms. The van der Waals surface area contributed by atoms with Crippen molar-refractivity contribution in [1.29, 1.82) is 0 Å². The molecule has 4 atom stereocenters. The third-order valence-electron chi connectivity index (χ3n) is 12.6. The fourth-order valence-corrected chi connectivity index (χ4v) is 10.9. The second kappa shape index (κ2) is 37.9. The normalized spacial score (nSPS) is 11.1. The Bertz CT molecular complexity index is 3910. The number of amides is 4. The number of carbonyl (C=O) groups excluding carboxylic acids is 8. The molecule has 10 aromatic rings. The van der Waals surface area contributed by atoms with Gasteiger partial charge in [0.05, 0.1) is 84.2 Å². The van der Waals surface area contributed by atoms with E-state index < -0.39 is 24.4 Å². The van der Waals surface area contributed by atoms with E-state index in [0.29, 0.717) is 22.3 Å². The van der Waals surface area contributed by atoms with Crippen LogP contribution in [0.3, 0.4) is 0 Å². The van der Waals surface area contributed by atoms with Crippen LogP contribution in [0.1, 0.15) is 29.9 Å². The minimum atomic E-state index is -0.995. The number of H-pyrrole nitrogens is 4. The predicted molar refractivity (Wildman–Crippen MR) is 336 cm³/mol. The summed E-state index contributed by atoms with van der Waals surface area (Å²) in [5.41, 5.74) is 43.6. The Balaban J connectivity index is 0.000000447. The molecule has 89 heavy (non-hydrogen) atoms. The van der Waals surface area contributed by atoms with Crippen LogP contribution in [0, 0.1) is 0 Å². The van der Waals surface area contributed by atoms with Crippen molar-refractivity contribution in [1.82, 2.24) is 39.9 Å². The molecule has 8 N–H and O–H groups in total. The van der Waals surface area contributed by atoms with Gasteiger partial charge in [0.1, 0.15) is 0 Å². The first-order valence-electron chi connectivity index (χ1n) is 24.6. The molecule has 6 aromatic carbocycles. The summed E-state index contributed by atoms with van der Waals surface area (Å²) in [6.07, 6.45) is -0.328. The number of fused-ring (bicyclic) bond motifs is 11. The summed E-state index contributed by atoms with van der Waals surface area (Å²) in [5, 5.41) is 4.76. The summed E-state index contributed by atoms with van der Waals surface area (Å²) in [4.78, 5) is 111. The molecule has 0 saturated carbocycles. The van der Waals surface area contributed by atoms with Gasteiger partial charge in [0.15, 0.2) is 0 Å². The van der Waals surface area contributed by atoms with Gasteiger partial charge < -0.3 is 81.0 Å². The molecule has 0 aliphatic heterocycles. The number of aryl methyl sites for hydroxylation is 4. The van der Waals surface area contributed by atoms with Gasteiger partial charge in [-0.2, -0.15) is 34.3 Å². The van der Waals surface area contributed by atoms with E-state index in [-0.39, 0.29) is 116 Å². The molecule has 0 saturated heterocycles. The van der Waals surface area contributed by atoms with Gasteiger partial charge in [0.2, 0.25) is 24.4 Å². The number of aromatic nitrogens is 8. The van der Waals surface area contributed by atoms with Crippen molar-refractivity contribution >= 4 is 149 Å². The van der Waals surface area contributed by atoms with Crippen molar-refractivity contribution in [3.05, 3.63) is 143 Å². The van der Waals surface area contributed by atoms with Gasteiger partial charge in [-0.3, -0.25) is 19.2 Å². The van der Waals surface area contributed by atoms with Crippen LogP contribution in [0.2, 0.25) is 0 Å². The van der Waals surface area contributed by atoms with Gasteiger partial charge in [-0.15, -0.1) is 0 Å². The van der Waals surface area contributed by atoms with E-state index in [0.717, 1.165) is 138 Å². The summed E-state index contributed by atoms with van der Waals surface area (Å²) >= 11 is 0. The zero-order chi connectivity index (χ0) is 60.5. The maximum absolute atomic E-state index is 10.8. The molecule has 0 bridgehead atoms. The summed E-state index contributed by atoms with van der Waals surface area (Å²) in [5.74, 6) is 0. The number of hydrogen-bond acceptors (Lipinski definition) is 16. The van der Waals surface area contributed by atoms with Crippen LogP contribution in [-0.4, -0.2) is 117 Å². The van der Waals surface area contributed by atoms with Crippen LogP contribution in [0.4, 0.5) is 19.2 Å². The van der Waals surface area contributed by atoms with Crippen LogP contribution in [0.15, 0.2) is 97.1 Å². The number of imidazole rings is 4.